The SMILES string of the molecule is Cc1ccccc1[C@@H]1[C@H]2CNC[C@H]2CN1C(=O)c1ccc[nH]1. The lowest BCUT2D eigenvalue weighted by atomic mass is 9.87. The van der Waals surface area contributed by atoms with Crippen LogP contribution in [0, 0.1) is 18.8 Å². The van der Waals surface area contributed by atoms with E-state index in [0.717, 1.165) is 19.6 Å². The van der Waals surface area contributed by atoms with Gasteiger partial charge in [0.2, 0.25) is 0 Å². The number of likely N-dealkylation sites (tertiary alicyclic amines) is 1. The Morgan fingerprint density at radius 3 is 2.82 bits per heavy atom. The normalized spacial score (nSPS) is 27.1. The van der Waals surface area contributed by atoms with Crippen LogP contribution in [0.15, 0.2) is 42.6 Å². The van der Waals surface area contributed by atoms with E-state index in [0.29, 0.717) is 17.5 Å². The maximum atomic E-state index is 12.9. The third-order valence-corrected chi connectivity index (χ3v) is 5.16. The van der Waals surface area contributed by atoms with E-state index in [1.54, 1.807) is 0 Å². The molecular weight excluding hydrogens is 274 g/mol. The molecular formula is C18H21N3O. The largest absolute Gasteiger partial charge is 0.357 e. The molecule has 0 bridgehead atoms. The molecule has 4 heteroatoms. The van der Waals surface area contributed by atoms with Gasteiger partial charge in [0.1, 0.15) is 5.69 Å². The molecule has 2 aromatic rings. The molecule has 0 saturated carbocycles. The van der Waals surface area contributed by atoms with E-state index in [2.05, 4.69) is 46.4 Å². The molecule has 1 aromatic heterocycles. The summed E-state index contributed by atoms with van der Waals surface area (Å²) in [5.74, 6) is 1.19. The fourth-order valence-corrected chi connectivity index (χ4v) is 4.06. The van der Waals surface area contributed by atoms with E-state index in [9.17, 15) is 4.79 Å². The number of aromatic amines is 1. The van der Waals surface area contributed by atoms with Gasteiger partial charge in [-0.05, 0) is 36.1 Å². The van der Waals surface area contributed by atoms with Crippen molar-refractivity contribution < 1.29 is 4.79 Å². The van der Waals surface area contributed by atoms with Crippen molar-refractivity contribution in [3.8, 4) is 0 Å². The Balaban J connectivity index is 1.74. The highest BCUT2D eigenvalue weighted by Crippen LogP contribution is 2.44. The minimum absolute atomic E-state index is 0.118. The van der Waals surface area contributed by atoms with Gasteiger partial charge >= 0.3 is 0 Å². The van der Waals surface area contributed by atoms with E-state index in [4.69, 9.17) is 0 Å². The van der Waals surface area contributed by atoms with Gasteiger partial charge in [0.05, 0.1) is 6.04 Å². The first-order valence-electron chi connectivity index (χ1n) is 7.96. The number of carbonyl (C=O) groups excluding carboxylic acids is 1. The molecule has 4 nitrogen and oxygen atoms in total. The molecule has 2 saturated heterocycles. The fourth-order valence-electron chi connectivity index (χ4n) is 4.06. The number of aryl methyl sites for hydroxylation is 1. The van der Waals surface area contributed by atoms with Crippen LogP contribution < -0.4 is 5.32 Å². The number of nitrogens with zero attached hydrogens (tertiary/aromatic N) is 1. The smallest absolute Gasteiger partial charge is 0.270 e. The van der Waals surface area contributed by atoms with Crippen molar-refractivity contribution in [3.63, 3.8) is 0 Å². The summed E-state index contributed by atoms with van der Waals surface area (Å²) >= 11 is 0. The number of fused-ring (bicyclic) bond motifs is 1. The molecule has 2 fully saturated rings. The Hall–Kier alpha value is -2.07. The van der Waals surface area contributed by atoms with E-state index in [-0.39, 0.29) is 11.9 Å². The van der Waals surface area contributed by atoms with Crippen molar-refractivity contribution in [2.45, 2.75) is 13.0 Å². The van der Waals surface area contributed by atoms with Crippen LogP contribution in [0.1, 0.15) is 27.7 Å². The number of hydrogen-bond acceptors (Lipinski definition) is 2. The predicted molar refractivity (Wildman–Crippen MR) is 85.6 cm³/mol. The Labute approximate surface area is 130 Å². The lowest BCUT2D eigenvalue weighted by Crippen LogP contribution is -2.35. The van der Waals surface area contributed by atoms with Crippen molar-refractivity contribution in [3.05, 3.63) is 59.4 Å². The monoisotopic (exact) mass is 295 g/mol. The summed E-state index contributed by atoms with van der Waals surface area (Å²) in [6, 6.07) is 12.4. The average Bonchev–Trinajstić information content (AvgIpc) is 3.24. The molecule has 1 amide bonds. The van der Waals surface area contributed by atoms with Crippen LogP contribution in [0.2, 0.25) is 0 Å². The van der Waals surface area contributed by atoms with Gasteiger partial charge in [-0.15, -0.1) is 0 Å². The highest BCUT2D eigenvalue weighted by molar-refractivity contribution is 5.93. The molecule has 3 atom stereocenters. The molecule has 0 aliphatic carbocycles. The van der Waals surface area contributed by atoms with E-state index >= 15 is 0 Å². The summed E-state index contributed by atoms with van der Waals surface area (Å²) in [7, 11) is 0. The standard InChI is InChI=1S/C18H21N3O/c1-12-5-2-3-6-14(12)17-15-10-19-9-13(15)11-21(17)18(22)16-7-4-8-20-16/h2-8,13,15,17,19-20H,9-11H2,1H3/t13-,15-,17+/m0/s1. The number of H-pyrrole nitrogens is 1. The first-order chi connectivity index (χ1) is 10.8. The molecule has 0 unspecified atom stereocenters. The van der Waals surface area contributed by atoms with Crippen molar-refractivity contribution in [2.75, 3.05) is 19.6 Å². The highest BCUT2D eigenvalue weighted by Gasteiger charge is 2.47. The Bertz CT molecular complexity index is 679. The first kappa shape index (κ1) is 13.6. The van der Waals surface area contributed by atoms with Gasteiger partial charge in [-0.3, -0.25) is 4.79 Å². The van der Waals surface area contributed by atoms with Gasteiger partial charge in [-0.2, -0.15) is 0 Å². The number of aromatic nitrogens is 1. The average molecular weight is 295 g/mol. The van der Waals surface area contributed by atoms with Crippen LogP contribution in [-0.2, 0) is 0 Å². The summed E-state index contributed by atoms with van der Waals surface area (Å²) in [4.78, 5) is 18.0. The van der Waals surface area contributed by atoms with Gasteiger partial charge in [-0.1, -0.05) is 24.3 Å². The molecule has 1 aromatic carbocycles. The zero-order chi connectivity index (χ0) is 15.1. The van der Waals surface area contributed by atoms with Crippen molar-refractivity contribution in [1.29, 1.82) is 0 Å². The first-order valence-corrected chi connectivity index (χ1v) is 7.96. The minimum atomic E-state index is 0.118. The summed E-state index contributed by atoms with van der Waals surface area (Å²) in [6.07, 6.45) is 1.81. The van der Waals surface area contributed by atoms with Crippen molar-refractivity contribution in [2.24, 2.45) is 11.8 Å². The van der Waals surface area contributed by atoms with Crippen LogP contribution >= 0.6 is 0 Å². The predicted octanol–water partition coefficient (Wildman–Crippen LogP) is 2.36. The molecule has 3 heterocycles. The quantitative estimate of drug-likeness (QED) is 0.893. The molecule has 0 radical (unpaired) electrons. The summed E-state index contributed by atoms with van der Waals surface area (Å²) in [6.45, 7) is 5.00. The van der Waals surface area contributed by atoms with E-state index in [1.807, 2.05) is 18.3 Å². The maximum Gasteiger partial charge on any atom is 0.270 e. The Morgan fingerprint density at radius 1 is 1.18 bits per heavy atom. The third-order valence-electron chi connectivity index (χ3n) is 5.16. The minimum Gasteiger partial charge on any atom is -0.357 e. The summed E-state index contributed by atoms with van der Waals surface area (Å²) in [5.41, 5.74) is 3.24. The maximum absolute atomic E-state index is 12.9. The van der Waals surface area contributed by atoms with Crippen LogP contribution in [-0.4, -0.2) is 35.4 Å². The van der Waals surface area contributed by atoms with Crippen molar-refractivity contribution >= 4 is 5.91 Å². The van der Waals surface area contributed by atoms with Crippen LogP contribution in [0.4, 0.5) is 0 Å². The summed E-state index contributed by atoms with van der Waals surface area (Å²) < 4.78 is 0. The number of rotatable bonds is 2. The molecule has 2 aliphatic rings. The van der Waals surface area contributed by atoms with Gasteiger partial charge in [-0.25, -0.2) is 0 Å². The second-order valence-electron chi connectivity index (χ2n) is 6.42. The van der Waals surface area contributed by atoms with Gasteiger partial charge in [0.25, 0.3) is 5.91 Å². The molecule has 2 N–H and O–H groups in total. The Kier molecular flexibility index (Phi) is 3.26. The van der Waals surface area contributed by atoms with Crippen LogP contribution in [0.5, 0.6) is 0 Å². The molecule has 2 aliphatic heterocycles. The second kappa shape index (κ2) is 5.29. The fraction of sp³-hybridized carbons (Fsp3) is 0.389. The van der Waals surface area contributed by atoms with Gasteiger partial charge in [0.15, 0.2) is 0 Å². The molecule has 0 spiro atoms. The number of carbonyl (C=O) groups is 1. The Morgan fingerprint density at radius 2 is 2.05 bits per heavy atom. The number of amides is 1. The van der Waals surface area contributed by atoms with Gasteiger partial charge in [0, 0.05) is 31.7 Å². The zero-order valence-electron chi connectivity index (χ0n) is 12.8. The van der Waals surface area contributed by atoms with E-state index < -0.39 is 0 Å². The highest BCUT2D eigenvalue weighted by atomic mass is 16.2. The van der Waals surface area contributed by atoms with E-state index in [1.165, 1.54) is 11.1 Å². The topological polar surface area (TPSA) is 48.1 Å². The van der Waals surface area contributed by atoms with Crippen LogP contribution in [0.25, 0.3) is 0 Å². The lowest BCUT2D eigenvalue weighted by molar-refractivity contribution is 0.0708. The molecule has 4 rings (SSSR count). The third kappa shape index (κ3) is 2.06. The molecule has 22 heavy (non-hydrogen) atoms. The molecule has 114 valence electrons. The number of benzene rings is 1. The van der Waals surface area contributed by atoms with Crippen molar-refractivity contribution in [1.82, 2.24) is 15.2 Å². The summed E-state index contributed by atoms with van der Waals surface area (Å²) in [5, 5.41) is 3.49. The number of nitrogens with one attached hydrogen (secondary N) is 2. The lowest BCUT2D eigenvalue weighted by Gasteiger charge is -2.29. The van der Waals surface area contributed by atoms with Gasteiger partial charge < -0.3 is 15.2 Å². The second-order valence-corrected chi connectivity index (χ2v) is 6.42. The zero-order valence-corrected chi connectivity index (χ0v) is 12.8. The number of hydrogen-bond donors (Lipinski definition) is 2. The van der Waals surface area contributed by atoms with Crippen LogP contribution in [0.3, 0.4) is 0 Å².